The topological polar surface area (TPSA) is 52.9 Å². The molecular formula is C17H16N2O. The SMILES string of the molecule is CC1=C(C#N)CC2=C(CC(c3ccccc3)CC2=O)N1. The maximum atomic E-state index is 12.4. The summed E-state index contributed by atoms with van der Waals surface area (Å²) in [6, 6.07) is 12.4. The highest BCUT2D eigenvalue weighted by molar-refractivity contribution is 5.98. The fourth-order valence-corrected chi connectivity index (χ4v) is 2.98. The molecule has 20 heavy (non-hydrogen) atoms. The third-order valence-corrected chi connectivity index (χ3v) is 4.13. The molecule has 0 amide bonds. The molecule has 1 aromatic rings. The second kappa shape index (κ2) is 4.97. The number of benzene rings is 1. The number of nitrogens with zero attached hydrogens (tertiary/aromatic N) is 1. The van der Waals surface area contributed by atoms with Gasteiger partial charge < -0.3 is 5.32 Å². The summed E-state index contributed by atoms with van der Waals surface area (Å²) in [4.78, 5) is 12.4. The van der Waals surface area contributed by atoms with E-state index in [9.17, 15) is 4.79 Å². The van der Waals surface area contributed by atoms with Gasteiger partial charge in [0, 0.05) is 29.8 Å². The number of dihydropyridines is 1. The quantitative estimate of drug-likeness (QED) is 0.847. The van der Waals surface area contributed by atoms with Gasteiger partial charge in [-0.3, -0.25) is 4.79 Å². The molecule has 1 unspecified atom stereocenters. The predicted octanol–water partition coefficient (Wildman–Crippen LogP) is 3.18. The number of ketones is 1. The van der Waals surface area contributed by atoms with Crippen molar-refractivity contribution in [3.8, 4) is 6.07 Å². The molecule has 1 heterocycles. The lowest BCUT2D eigenvalue weighted by atomic mass is 9.79. The number of rotatable bonds is 1. The molecule has 100 valence electrons. The van der Waals surface area contributed by atoms with Crippen molar-refractivity contribution in [1.82, 2.24) is 5.32 Å². The minimum absolute atomic E-state index is 0.174. The van der Waals surface area contributed by atoms with E-state index in [1.165, 1.54) is 5.56 Å². The summed E-state index contributed by atoms with van der Waals surface area (Å²) in [6.45, 7) is 1.90. The zero-order chi connectivity index (χ0) is 14.1. The van der Waals surface area contributed by atoms with Crippen molar-refractivity contribution in [1.29, 1.82) is 5.26 Å². The second-order valence-electron chi connectivity index (χ2n) is 5.41. The number of nitrogens with one attached hydrogen (secondary N) is 1. The Morgan fingerprint density at radius 3 is 2.70 bits per heavy atom. The zero-order valence-corrected chi connectivity index (χ0v) is 11.4. The molecule has 2 aliphatic rings. The maximum Gasteiger partial charge on any atom is 0.161 e. The molecule has 3 rings (SSSR count). The Labute approximate surface area is 118 Å². The van der Waals surface area contributed by atoms with Crippen molar-refractivity contribution in [3.63, 3.8) is 0 Å². The van der Waals surface area contributed by atoms with E-state index in [4.69, 9.17) is 5.26 Å². The molecule has 1 aliphatic carbocycles. The van der Waals surface area contributed by atoms with Gasteiger partial charge in [-0.05, 0) is 24.8 Å². The molecule has 0 saturated heterocycles. The normalized spacial score (nSPS) is 22.2. The Morgan fingerprint density at radius 2 is 2.00 bits per heavy atom. The van der Waals surface area contributed by atoms with Gasteiger partial charge in [-0.25, -0.2) is 0 Å². The molecule has 0 radical (unpaired) electrons. The lowest BCUT2D eigenvalue weighted by molar-refractivity contribution is -0.116. The smallest absolute Gasteiger partial charge is 0.161 e. The first-order valence-electron chi connectivity index (χ1n) is 6.86. The summed E-state index contributed by atoms with van der Waals surface area (Å²) < 4.78 is 0. The first kappa shape index (κ1) is 12.7. The van der Waals surface area contributed by atoms with E-state index in [1.807, 2.05) is 25.1 Å². The first-order valence-corrected chi connectivity index (χ1v) is 6.86. The molecule has 1 aromatic carbocycles. The van der Waals surface area contributed by atoms with Crippen LogP contribution in [0.1, 0.15) is 37.7 Å². The van der Waals surface area contributed by atoms with Gasteiger partial charge in [0.25, 0.3) is 0 Å². The van der Waals surface area contributed by atoms with E-state index in [2.05, 4.69) is 23.5 Å². The largest absolute Gasteiger partial charge is 0.361 e. The van der Waals surface area contributed by atoms with Crippen LogP contribution in [-0.2, 0) is 4.79 Å². The first-order chi connectivity index (χ1) is 9.69. The van der Waals surface area contributed by atoms with Gasteiger partial charge in [-0.2, -0.15) is 5.26 Å². The average Bonchev–Trinajstić information content (AvgIpc) is 2.47. The number of Topliss-reactive ketones (excluding diaryl/α,β-unsaturated/α-hetero) is 1. The summed E-state index contributed by atoms with van der Waals surface area (Å²) in [5.74, 6) is 0.416. The van der Waals surface area contributed by atoms with E-state index < -0.39 is 0 Å². The lowest BCUT2D eigenvalue weighted by Crippen LogP contribution is -2.29. The zero-order valence-electron chi connectivity index (χ0n) is 11.4. The third kappa shape index (κ3) is 2.14. The lowest BCUT2D eigenvalue weighted by Gasteiger charge is -2.30. The Hall–Kier alpha value is -2.34. The van der Waals surface area contributed by atoms with Crippen molar-refractivity contribution in [2.24, 2.45) is 0 Å². The molecular weight excluding hydrogens is 248 g/mol. The number of nitriles is 1. The van der Waals surface area contributed by atoms with Gasteiger partial charge in [0.15, 0.2) is 5.78 Å². The van der Waals surface area contributed by atoms with Gasteiger partial charge in [0.2, 0.25) is 0 Å². The van der Waals surface area contributed by atoms with Crippen molar-refractivity contribution in [2.45, 2.75) is 32.1 Å². The fraction of sp³-hybridized carbons (Fsp3) is 0.294. The van der Waals surface area contributed by atoms with Crippen molar-refractivity contribution < 1.29 is 4.79 Å². The highest BCUT2D eigenvalue weighted by Crippen LogP contribution is 2.37. The molecule has 1 aliphatic heterocycles. The standard InChI is InChI=1S/C17H16N2O/c1-11-14(10-18)7-15-16(19-11)8-13(9-17(15)20)12-5-3-2-4-6-12/h2-6,13,19H,7-9H2,1H3. The van der Waals surface area contributed by atoms with Crippen LogP contribution in [0.5, 0.6) is 0 Å². The van der Waals surface area contributed by atoms with Crippen molar-refractivity contribution in [3.05, 3.63) is 58.4 Å². The summed E-state index contributed by atoms with van der Waals surface area (Å²) in [5, 5.41) is 12.4. The molecule has 3 nitrogen and oxygen atoms in total. The number of allylic oxidation sites excluding steroid dienone is 4. The van der Waals surface area contributed by atoms with Crippen molar-refractivity contribution in [2.75, 3.05) is 0 Å². The van der Waals surface area contributed by atoms with Crippen LogP contribution in [0.3, 0.4) is 0 Å². The van der Waals surface area contributed by atoms with Crippen LogP contribution in [0.25, 0.3) is 0 Å². The summed E-state index contributed by atoms with van der Waals surface area (Å²) >= 11 is 0. The van der Waals surface area contributed by atoms with Crippen LogP contribution in [0.2, 0.25) is 0 Å². The Bertz CT molecular complexity index is 662. The molecule has 1 atom stereocenters. The highest BCUT2D eigenvalue weighted by atomic mass is 16.1. The van der Waals surface area contributed by atoms with Gasteiger partial charge in [0.05, 0.1) is 11.6 Å². The van der Waals surface area contributed by atoms with Gasteiger partial charge in [-0.15, -0.1) is 0 Å². The van der Waals surface area contributed by atoms with E-state index in [0.717, 1.165) is 23.4 Å². The molecule has 3 heteroatoms. The Balaban J connectivity index is 1.89. The summed E-state index contributed by atoms with van der Waals surface area (Å²) in [5.41, 5.74) is 4.58. The van der Waals surface area contributed by atoms with E-state index in [0.29, 0.717) is 18.4 Å². The molecule has 0 saturated carbocycles. The van der Waals surface area contributed by atoms with Crippen LogP contribution >= 0.6 is 0 Å². The van der Waals surface area contributed by atoms with E-state index in [1.54, 1.807) is 0 Å². The van der Waals surface area contributed by atoms with Crippen LogP contribution in [-0.4, -0.2) is 5.78 Å². The predicted molar refractivity (Wildman–Crippen MR) is 76.5 cm³/mol. The minimum Gasteiger partial charge on any atom is -0.361 e. The van der Waals surface area contributed by atoms with Crippen LogP contribution in [0.4, 0.5) is 0 Å². The summed E-state index contributed by atoms with van der Waals surface area (Å²) in [6.07, 6.45) is 1.88. The highest BCUT2D eigenvalue weighted by Gasteiger charge is 2.31. The molecule has 0 bridgehead atoms. The second-order valence-corrected chi connectivity index (χ2v) is 5.41. The Kier molecular flexibility index (Phi) is 3.15. The van der Waals surface area contributed by atoms with Gasteiger partial charge in [0.1, 0.15) is 0 Å². The minimum atomic E-state index is 0.174. The van der Waals surface area contributed by atoms with Crippen molar-refractivity contribution >= 4 is 5.78 Å². The number of hydrogen-bond acceptors (Lipinski definition) is 3. The third-order valence-electron chi connectivity index (χ3n) is 4.13. The van der Waals surface area contributed by atoms with E-state index in [-0.39, 0.29) is 11.7 Å². The average molecular weight is 264 g/mol. The van der Waals surface area contributed by atoms with E-state index >= 15 is 0 Å². The van der Waals surface area contributed by atoms with Crippen LogP contribution in [0.15, 0.2) is 52.9 Å². The van der Waals surface area contributed by atoms with Crippen LogP contribution in [0, 0.1) is 11.3 Å². The number of carbonyl (C=O) groups excluding carboxylic acids is 1. The molecule has 1 N–H and O–H groups in total. The van der Waals surface area contributed by atoms with Crippen LogP contribution < -0.4 is 5.32 Å². The number of carbonyl (C=O) groups is 1. The maximum absolute atomic E-state index is 12.4. The molecule has 0 spiro atoms. The fourth-order valence-electron chi connectivity index (χ4n) is 2.98. The monoisotopic (exact) mass is 264 g/mol. The number of hydrogen-bond donors (Lipinski definition) is 1. The molecule has 0 aromatic heterocycles. The van der Waals surface area contributed by atoms with Gasteiger partial charge >= 0.3 is 0 Å². The molecule has 0 fully saturated rings. The van der Waals surface area contributed by atoms with Gasteiger partial charge in [-0.1, -0.05) is 30.3 Å². The summed E-state index contributed by atoms with van der Waals surface area (Å²) in [7, 11) is 0. The Morgan fingerprint density at radius 1 is 1.25 bits per heavy atom.